The molecule has 1 aliphatic heterocycles. The molecule has 0 amide bonds. The van der Waals surface area contributed by atoms with E-state index in [2.05, 4.69) is 15.2 Å². The lowest BCUT2D eigenvalue weighted by Gasteiger charge is -2.34. The molecule has 22 heavy (non-hydrogen) atoms. The van der Waals surface area contributed by atoms with Gasteiger partial charge in [-0.05, 0) is 19.9 Å². The van der Waals surface area contributed by atoms with E-state index in [0.717, 1.165) is 13.1 Å². The van der Waals surface area contributed by atoms with Gasteiger partial charge in [-0.1, -0.05) is 0 Å². The predicted molar refractivity (Wildman–Crippen MR) is 82.0 cm³/mol. The number of rotatable bonds is 6. The van der Waals surface area contributed by atoms with Crippen molar-refractivity contribution in [1.29, 1.82) is 0 Å². The molecule has 1 aromatic rings. The van der Waals surface area contributed by atoms with Crippen molar-refractivity contribution in [2.24, 2.45) is 0 Å². The SMILES string of the molecule is Cc1cc(NCC(C)(O)CN2CCOCC2)ncc1[N+](=O)[O-]. The third-order valence-corrected chi connectivity index (χ3v) is 3.60. The zero-order valence-electron chi connectivity index (χ0n) is 12.9. The summed E-state index contributed by atoms with van der Waals surface area (Å²) in [6.07, 6.45) is 1.23. The van der Waals surface area contributed by atoms with Crippen molar-refractivity contribution >= 4 is 11.5 Å². The Kier molecular flexibility index (Phi) is 5.28. The van der Waals surface area contributed by atoms with Crippen molar-refractivity contribution in [1.82, 2.24) is 9.88 Å². The molecule has 0 bridgehead atoms. The van der Waals surface area contributed by atoms with Crippen molar-refractivity contribution < 1.29 is 14.8 Å². The zero-order chi connectivity index (χ0) is 16.2. The van der Waals surface area contributed by atoms with Crippen LogP contribution in [0.2, 0.25) is 0 Å². The van der Waals surface area contributed by atoms with Gasteiger partial charge in [-0.15, -0.1) is 0 Å². The number of β-amino-alcohol motifs (C(OH)–C–C–N with tert-alkyl or cyclic N) is 1. The summed E-state index contributed by atoms with van der Waals surface area (Å²) in [5.41, 5.74) is -0.393. The van der Waals surface area contributed by atoms with Crippen molar-refractivity contribution in [2.45, 2.75) is 19.4 Å². The average Bonchev–Trinajstić information content (AvgIpc) is 2.45. The van der Waals surface area contributed by atoms with Crippen LogP contribution in [0.3, 0.4) is 0 Å². The predicted octanol–water partition coefficient (Wildman–Crippen LogP) is 0.793. The van der Waals surface area contributed by atoms with Gasteiger partial charge in [-0.25, -0.2) is 4.98 Å². The number of nitrogens with one attached hydrogen (secondary N) is 1. The molecule has 1 atom stereocenters. The minimum Gasteiger partial charge on any atom is -0.387 e. The zero-order valence-corrected chi connectivity index (χ0v) is 12.9. The smallest absolute Gasteiger partial charge is 0.290 e. The molecule has 0 saturated carbocycles. The summed E-state index contributed by atoms with van der Waals surface area (Å²) in [4.78, 5) is 16.5. The van der Waals surface area contributed by atoms with Crippen LogP contribution in [0.5, 0.6) is 0 Å². The van der Waals surface area contributed by atoms with E-state index in [1.54, 1.807) is 19.9 Å². The van der Waals surface area contributed by atoms with Gasteiger partial charge in [0.15, 0.2) is 0 Å². The maximum Gasteiger partial charge on any atom is 0.290 e. The van der Waals surface area contributed by atoms with Crippen LogP contribution in [0.25, 0.3) is 0 Å². The molecular weight excluding hydrogens is 288 g/mol. The van der Waals surface area contributed by atoms with Gasteiger partial charge >= 0.3 is 0 Å². The lowest BCUT2D eigenvalue weighted by molar-refractivity contribution is -0.385. The summed E-state index contributed by atoms with van der Waals surface area (Å²) in [5.74, 6) is 0.519. The van der Waals surface area contributed by atoms with Crippen LogP contribution < -0.4 is 5.32 Å². The lowest BCUT2D eigenvalue weighted by Crippen LogP contribution is -2.49. The number of hydrogen-bond donors (Lipinski definition) is 2. The molecule has 8 nitrogen and oxygen atoms in total. The average molecular weight is 310 g/mol. The van der Waals surface area contributed by atoms with Gasteiger partial charge in [0.1, 0.15) is 12.0 Å². The highest BCUT2D eigenvalue weighted by atomic mass is 16.6. The number of ether oxygens (including phenoxy) is 1. The van der Waals surface area contributed by atoms with Crippen LogP contribution in [-0.4, -0.2) is 64.9 Å². The standard InChI is InChI=1S/C14H22N4O4/c1-11-7-13(15-8-12(11)18(20)21)16-9-14(2,19)10-17-3-5-22-6-4-17/h7-8,19H,3-6,9-10H2,1-2H3,(H,15,16). The second kappa shape index (κ2) is 6.99. The molecule has 0 aliphatic carbocycles. The van der Waals surface area contributed by atoms with E-state index in [4.69, 9.17) is 4.74 Å². The van der Waals surface area contributed by atoms with Gasteiger partial charge in [0.2, 0.25) is 0 Å². The summed E-state index contributed by atoms with van der Waals surface area (Å²) < 4.78 is 5.28. The molecular formula is C14H22N4O4. The topological polar surface area (TPSA) is 101 Å². The third kappa shape index (κ3) is 4.62. The van der Waals surface area contributed by atoms with Crippen LogP contribution in [-0.2, 0) is 4.74 Å². The van der Waals surface area contributed by atoms with Gasteiger partial charge in [0.05, 0.1) is 23.7 Å². The van der Waals surface area contributed by atoms with Gasteiger partial charge in [-0.2, -0.15) is 0 Å². The summed E-state index contributed by atoms with van der Waals surface area (Å²) in [5, 5.41) is 24.3. The second-order valence-electron chi connectivity index (χ2n) is 5.85. The Morgan fingerprint density at radius 3 is 2.82 bits per heavy atom. The van der Waals surface area contributed by atoms with Gasteiger partial charge in [-0.3, -0.25) is 15.0 Å². The highest BCUT2D eigenvalue weighted by molar-refractivity contribution is 5.46. The van der Waals surface area contributed by atoms with E-state index in [1.807, 2.05) is 0 Å². The first-order chi connectivity index (χ1) is 10.4. The van der Waals surface area contributed by atoms with Crippen molar-refractivity contribution in [3.05, 3.63) is 27.9 Å². The number of nitro groups is 1. The minimum atomic E-state index is -0.922. The van der Waals surface area contributed by atoms with E-state index in [9.17, 15) is 15.2 Å². The monoisotopic (exact) mass is 310 g/mol. The Hall–Kier alpha value is -1.77. The molecule has 1 unspecified atom stereocenters. The number of nitrogens with zero attached hydrogens (tertiary/aromatic N) is 3. The molecule has 1 aliphatic rings. The van der Waals surface area contributed by atoms with Crippen LogP contribution in [0.15, 0.2) is 12.3 Å². The summed E-state index contributed by atoms with van der Waals surface area (Å²) in [6.45, 7) is 7.27. The number of aliphatic hydroxyl groups is 1. The lowest BCUT2D eigenvalue weighted by atomic mass is 10.1. The third-order valence-electron chi connectivity index (χ3n) is 3.60. The molecule has 2 rings (SSSR count). The van der Waals surface area contributed by atoms with Crippen LogP contribution >= 0.6 is 0 Å². The molecule has 1 fully saturated rings. The first-order valence-corrected chi connectivity index (χ1v) is 7.25. The normalized spacial score (nSPS) is 18.7. The van der Waals surface area contributed by atoms with E-state index in [1.165, 1.54) is 6.20 Å². The van der Waals surface area contributed by atoms with E-state index in [0.29, 0.717) is 37.7 Å². The maximum absolute atomic E-state index is 10.8. The van der Waals surface area contributed by atoms with Crippen LogP contribution in [0.1, 0.15) is 12.5 Å². The van der Waals surface area contributed by atoms with Crippen molar-refractivity contribution in [3.8, 4) is 0 Å². The summed E-state index contributed by atoms with van der Waals surface area (Å²) >= 11 is 0. The van der Waals surface area contributed by atoms with Crippen LogP contribution in [0, 0.1) is 17.0 Å². The Balaban J connectivity index is 1.90. The maximum atomic E-state index is 10.8. The number of hydrogen-bond acceptors (Lipinski definition) is 7. The highest BCUT2D eigenvalue weighted by Gasteiger charge is 2.25. The minimum absolute atomic E-state index is 0.00868. The summed E-state index contributed by atoms with van der Waals surface area (Å²) in [7, 11) is 0. The summed E-state index contributed by atoms with van der Waals surface area (Å²) in [6, 6.07) is 1.61. The molecule has 1 saturated heterocycles. The molecule has 2 N–H and O–H groups in total. The second-order valence-corrected chi connectivity index (χ2v) is 5.85. The Labute approximate surface area is 129 Å². The molecule has 122 valence electrons. The quantitative estimate of drug-likeness (QED) is 0.592. The van der Waals surface area contributed by atoms with Crippen LogP contribution in [0.4, 0.5) is 11.5 Å². The van der Waals surface area contributed by atoms with E-state index in [-0.39, 0.29) is 5.69 Å². The fraction of sp³-hybridized carbons (Fsp3) is 0.643. The number of pyridine rings is 1. The molecule has 0 radical (unpaired) electrons. The first kappa shape index (κ1) is 16.6. The number of morpholine rings is 1. The Bertz CT molecular complexity index is 530. The Morgan fingerprint density at radius 1 is 1.55 bits per heavy atom. The number of aryl methyl sites for hydroxylation is 1. The van der Waals surface area contributed by atoms with Gasteiger partial charge < -0.3 is 15.2 Å². The fourth-order valence-electron chi connectivity index (χ4n) is 2.41. The fourth-order valence-corrected chi connectivity index (χ4v) is 2.41. The van der Waals surface area contributed by atoms with Gasteiger partial charge in [0.25, 0.3) is 5.69 Å². The molecule has 0 aromatic carbocycles. The first-order valence-electron chi connectivity index (χ1n) is 7.25. The molecule has 8 heteroatoms. The molecule has 0 spiro atoms. The molecule has 1 aromatic heterocycles. The largest absolute Gasteiger partial charge is 0.387 e. The van der Waals surface area contributed by atoms with Crippen molar-refractivity contribution in [3.63, 3.8) is 0 Å². The molecule has 2 heterocycles. The van der Waals surface area contributed by atoms with Gasteiger partial charge in [0, 0.05) is 31.7 Å². The highest BCUT2D eigenvalue weighted by Crippen LogP contribution is 2.19. The van der Waals surface area contributed by atoms with E-state index >= 15 is 0 Å². The Morgan fingerprint density at radius 2 is 2.23 bits per heavy atom. The van der Waals surface area contributed by atoms with Crippen molar-refractivity contribution in [2.75, 3.05) is 44.7 Å². The number of anilines is 1. The van der Waals surface area contributed by atoms with E-state index < -0.39 is 10.5 Å². The number of aromatic nitrogens is 1.